The summed E-state index contributed by atoms with van der Waals surface area (Å²) in [6.07, 6.45) is -3.81. The molecule has 2 aromatic rings. The zero-order valence-corrected chi connectivity index (χ0v) is 26.7. The minimum Gasteiger partial charge on any atom is -0.493 e. The highest BCUT2D eigenvalue weighted by Gasteiger charge is 2.60. The van der Waals surface area contributed by atoms with E-state index in [0.29, 0.717) is 4.57 Å². The summed E-state index contributed by atoms with van der Waals surface area (Å²) in [7, 11) is 3.13. The first-order chi connectivity index (χ1) is 19.9. The van der Waals surface area contributed by atoms with Gasteiger partial charge < -0.3 is 37.3 Å². The third kappa shape index (κ3) is 7.59. The Morgan fingerprint density at radius 2 is 1.79 bits per heavy atom. The van der Waals surface area contributed by atoms with Crippen LogP contribution in [-0.4, -0.2) is 83.2 Å². The van der Waals surface area contributed by atoms with E-state index in [9.17, 15) is 9.59 Å². The number of methoxy groups -OCH3 is 4. The molecule has 42 heavy (non-hydrogen) atoms. The minimum absolute atomic E-state index is 0.0737. The number of anilines is 1. The van der Waals surface area contributed by atoms with Gasteiger partial charge in [0.25, 0.3) is 5.91 Å². The molecule has 12 nitrogen and oxygen atoms in total. The minimum atomic E-state index is -3.60. The van der Waals surface area contributed by atoms with Crippen molar-refractivity contribution >= 4 is 33.1 Å². The van der Waals surface area contributed by atoms with Crippen LogP contribution in [0.5, 0.6) is 17.2 Å². The van der Waals surface area contributed by atoms with Gasteiger partial charge in [-0.15, -0.1) is 0 Å². The summed E-state index contributed by atoms with van der Waals surface area (Å²) >= 11 is 1.28. The first kappa shape index (κ1) is 33.7. The van der Waals surface area contributed by atoms with Crippen molar-refractivity contribution in [3.8, 4) is 17.2 Å². The molecule has 1 aromatic heterocycles. The molecule has 1 aliphatic heterocycles. The van der Waals surface area contributed by atoms with E-state index in [0.717, 1.165) is 13.3 Å². The zero-order chi connectivity index (χ0) is 31.2. The number of halogens is 2. The number of nitrogens with zero attached hydrogens (tertiary/aromatic N) is 2. The number of hydrogen-bond acceptors (Lipinski definition) is 11. The van der Waals surface area contributed by atoms with E-state index in [4.69, 9.17) is 32.0 Å². The standard InChI is InChI=1S/C26H37F2N3O9SSi/c1-14(2)41-40-42(15(3)4)38-13-19-22(37-8)26(27,28)24(39-19)31-10-9-20(30-25(31)33)29-23(32)16-11-17(34-5)21(36-7)18(12-16)35-6/h9-12,14-15,19,22,24,42H,13H2,1-8H3,(H,29,30,32,33)/t19-,22-,24-,42+/m1/s1. The third-order valence-electron chi connectivity index (χ3n) is 6.17. The molecule has 4 atom stereocenters. The highest BCUT2D eigenvalue weighted by Crippen LogP contribution is 2.44. The molecular formula is C26H37F2N3O9SSi. The lowest BCUT2D eigenvalue weighted by Crippen LogP contribution is -2.43. The molecule has 1 N–H and O–H groups in total. The molecule has 1 amide bonds. The van der Waals surface area contributed by atoms with Crippen molar-refractivity contribution in [2.24, 2.45) is 0 Å². The van der Waals surface area contributed by atoms with E-state index in [2.05, 4.69) is 10.3 Å². The maximum atomic E-state index is 15.4. The van der Waals surface area contributed by atoms with Crippen LogP contribution < -0.4 is 25.2 Å². The number of benzene rings is 1. The lowest BCUT2D eigenvalue weighted by atomic mass is 10.1. The molecule has 0 spiro atoms. The fraction of sp³-hybridized carbons (Fsp3) is 0.577. The molecule has 1 aromatic carbocycles. The molecule has 3 rings (SSSR count). The highest BCUT2D eigenvalue weighted by molar-refractivity contribution is 7.96. The first-order valence-corrected chi connectivity index (χ1v) is 15.5. The second-order valence-electron chi connectivity index (χ2n) is 9.92. The number of ether oxygens (including phenoxy) is 5. The number of amides is 1. The molecule has 0 aliphatic carbocycles. The summed E-state index contributed by atoms with van der Waals surface area (Å²) in [5.74, 6) is -3.64. The van der Waals surface area contributed by atoms with Gasteiger partial charge >= 0.3 is 20.9 Å². The van der Waals surface area contributed by atoms with Gasteiger partial charge in [0.1, 0.15) is 11.9 Å². The van der Waals surface area contributed by atoms with Crippen LogP contribution in [0, 0.1) is 0 Å². The largest absolute Gasteiger partial charge is 0.493 e. The highest BCUT2D eigenvalue weighted by atomic mass is 32.2. The van der Waals surface area contributed by atoms with Gasteiger partial charge in [0.05, 0.1) is 27.9 Å². The van der Waals surface area contributed by atoms with Crippen molar-refractivity contribution in [1.82, 2.24) is 9.55 Å². The van der Waals surface area contributed by atoms with Crippen LogP contribution in [0.3, 0.4) is 0 Å². The summed E-state index contributed by atoms with van der Waals surface area (Å²) in [5, 5.41) is 2.68. The molecular weight excluding hydrogens is 596 g/mol. The van der Waals surface area contributed by atoms with E-state index in [-0.39, 0.29) is 46.0 Å². The number of hydrogen-bond donors (Lipinski definition) is 1. The quantitative estimate of drug-likeness (QED) is 0.241. The van der Waals surface area contributed by atoms with Crippen LogP contribution in [0.2, 0.25) is 5.54 Å². The Hall–Kier alpha value is -2.76. The Kier molecular flexibility index (Phi) is 11.7. The average molecular weight is 634 g/mol. The fourth-order valence-electron chi connectivity index (χ4n) is 4.15. The Morgan fingerprint density at radius 1 is 1.14 bits per heavy atom. The number of carbonyl (C=O) groups excluding carboxylic acids is 1. The van der Waals surface area contributed by atoms with E-state index >= 15 is 8.78 Å². The summed E-state index contributed by atoms with van der Waals surface area (Å²) in [4.78, 5) is 29.5. The monoisotopic (exact) mass is 633 g/mol. The normalized spacial score (nSPS) is 20.5. The van der Waals surface area contributed by atoms with Crippen molar-refractivity contribution < 1.29 is 45.6 Å². The second kappa shape index (κ2) is 14.6. The van der Waals surface area contributed by atoms with E-state index in [1.54, 1.807) is 0 Å². The maximum absolute atomic E-state index is 15.4. The fourth-order valence-corrected chi connectivity index (χ4v) is 7.35. The Morgan fingerprint density at radius 3 is 2.29 bits per heavy atom. The molecule has 1 saturated heterocycles. The molecule has 0 saturated carbocycles. The summed E-state index contributed by atoms with van der Waals surface area (Å²) < 4.78 is 69.8. The smallest absolute Gasteiger partial charge is 0.351 e. The second-order valence-corrected chi connectivity index (χ2v) is 14.2. The Bertz CT molecular complexity index is 1260. The van der Waals surface area contributed by atoms with Crippen molar-refractivity contribution in [2.45, 2.75) is 62.8 Å². The first-order valence-electron chi connectivity index (χ1n) is 13.1. The van der Waals surface area contributed by atoms with Crippen LogP contribution in [-0.2, 0) is 17.8 Å². The number of alkyl halides is 2. The van der Waals surface area contributed by atoms with E-state index in [1.165, 1.54) is 51.6 Å². The van der Waals surface area contributed by atoms with Gasteiger partial charge in [0.15, 0.2) is 17.6 Å². The summed E-state index contributed by atoms with van der Waals surface area (Å²) in [5.41, 5.74) is -0.875. The van der Waals surface area contributed by atoms with Gasteiger partial charge in [-0.05, 0) is 35.8 Å². The number of aromatic nitrogens is 2. The van der Waals surface area contributed by atoms with Gasteiger partial charge in [-0.25, -0.2) is 4.79 Å². The zero-order valence-electron chi connectivity index (χ0n) is 24.7. The van der Waals surface area contributed by atoms with Gasteiger partial charge in [-0.2, -0.15) is 13.8 Å². The molecule has 234 valence electrons. The number of nitrogens with one attached hydrogen (secondary N) is 1. The van der Waals surface area contributed by atoms with Crippen molar-refractivity contribution in [3.63, 3.8) is 0 Å². The van der Waals surface area contributed by atoms with Crippen molar-refractivity contribution in [1.29, 1.82) is 0 Å². The molecule has 0 bridgehead atoms. The predicted molar refractivity (Wildman–Crippen MR) is 154 cm³/mol. The summed E-state index contributed by atoms with van der Waals surface area (Å²) in [6.45, 7) is 7.61. The van der Waals surface area contributed by atoms with Crippen LogP contribution >= 0.6 is 12.0 Å². The SMILES string of the molecule is COc1cc(C(=O)Nc2ccn([C@@H]3O[C@H](CO[Si@@H](OSC(C)C)C(C)C)[C@@H](OC)C3(F)F)c(=O)n2)cc(OC)c1OC. The lowest BCUT2D eigenvalue weighted by molar-refractivity contribution is -0.147. The van der Waals surface area contributed by atoms with E-state index in [1.807, 2.05) is 27.7 Å². The van der Waals surface area contributed by atoms with Crippen LogP contribution in [0.25, 0.3) is 0 Å². The van der Waals surface area contributed by atoms with Gasteiger partial charge in [0.2, 0.25) is 12.0 Å². The van der Waals surface area contributed by atoms with Crippen LogP contribution in [0.1, 0.15) is 44.3 Å². The molecule has 2 heterocycles. The molecule has 0 unspecified atom stereocenters. The van der Waals surface area contributed by atoms with Crippen molar-refractivity contribution in [2.75, 3.05) is 40.4 Å². The van der Waals surface area contributed by atoms with Gasteiger partial charge in [-0.1, -0.05) is 27.7 Å². The Labute approximate surface area is 249 Å². The summed E-state index contributed by atoms with van der Waals surface area (Å²) in [6, 6.07) is 4.04. The lowest BCUT2D eigenvalue weighted by Gasteiger charge is -2.24. The Balaban J connectivity index is 1.78. The molecule has 16 heteroatoms. The molecule has 0 radical (unpaired) electrons. The molecule has 1 aliphatic rings. The molecule has 1 fully saturated rings. The topological polar surface area (TPSA) is 129 Å². The maximum Gasteiger partial charge on any atom is 0.351 e. The van der Waals surface area contributed by atoms with Gasteiger partial charge in [0, 0.05) is 24.1 Å². The predicted octanol–water partition coefficient (Wildman–Crippen LogP) is 3.79. The van der Waals surface area contributed by atoms with Gasteiger partial charge in [-0.3, -0.25) is 9.36 Å². The third-order valence-corrected chi connectivity index (χ3v) is 9.36. The number of rotatable bonds is 14. The van der Waals surface area contributed by atoms with Crippen molar-refractivity contribution in [3.05, 3.63) is 40.4 Å². The van der Waals surface area contributed by atoms with E-state index < -0.39 is 45.2 Å². The number of carbonyl (C=O) groups is 1. The van der Waals surface area contributed by atoms with Crippen LogP contribution in [0.4, 0.5) is 14.6 Å². The van der Waals surface area contributed by atoms with Crippen LogP contribution in [0.15, 0.2) is 29.2 Å². The average Bonchev–Trinajstić information content (AvgIpc) is 3.20.